The van der Waals surface area contributed by atoms with Crippen molar-refractivity contribution < 1.29 is 0 Å². The van der Waals surface area contributed by atoms with E-state index in [1.807, 2.05) is 19.2 Å². The zero-order valence-corrected chi connectivity index (χ0v) is 11.4. The van der Waals surface area contributed by atoms with Gasteiger partial charge in [0.15, 0.2) is 0 Å². The molecule has 0 aliphatic rings. The van der Waals surface area contributed by atoms with Gasteiger partial charge in [-0.1, -0.05) is 0 Å². The number of fused-ring (bicyclic) bond motifs is 1. The Morgan fingerprint density at radius 3 is 2.68 bits per heavy atom. The first-order valence-electron chi connectivity index (χ1n) is 5.86. The fraction of sp³-hybridized carbons (Fsp3) is 0.231. The van der Waals surface area contributed by atoms with Crippen molar-refractivity contribution in [2.45, 2.75) is 20.4 Å². The van der Waals surface area contributed by atoms with E-state index >= 15 is 0 Å². The summed E-state index contributed by atoms with van der Waals surface area (Å²) in [5.41, 5.74) is 1.86. The number of nitrogens with zero attached hydrogens (tertiary/aromatic N) is 4. The molecule has 0 saturated heterocycles. The number of rotatable bonds is 2. The highest BCUT2D eigenvalue weighted by Gasteiger charge is 2.09. The molecule has 0 spiro atoms. The van der Waals surface area contributed by atoms with Crippen molar-refractivity contribution in [3.05, 3.63) is 51.4 Å². The van der Waals surface area contributed by atoms with E-state index < -0.39 is 0 Å². The van der Waals surface area contributed by atoms with Crippen molar-refractivity contribution in [1.29, 1.82) is 0 Å². The lowest BCUT2D eigenvalue weighted by Crippen LogP contribution is -2.21. The minimum Gasteiger partial charge on any atom is -0.294 e. The number of hydrogen-bond acceptors (Lipinski definition) is 5. The van der Waals surface area contributed by atoms with Crippen molar-refractivity contribution in [3.63, 3.8) is 0 Å². The molecule has 0 fully saturated rings. The van der Waals surface area contributed by atoms with Gasteiger partial charge in [-0.3, -0.25) is 9.36 Å². The maximum Gasteiger partial charge on any atom is 0.262 e. The van der Waals surface area contributed by atoms with Crippen LogP contribution in [0.25, 0.3) is 10.2 Å². The summed E-state index contributed by atoms with van der Waals surface area (Å²) in [6, 6.07) is 0. The first kappa shape index (κ1) is 12.0. The molecule has 0 saturated carbocycles. The second-order valence-corrected chi connectivity index (χ2v) is 5.27. The summed E-state index contributed by atoms with van der Waals surface area (Å²) in [6.07, 6.45) is 5.05. The molecule has 3 rings (SSSR count). The van der Waals surface area contributed by atoms with E-state index in [4.69, 9.17) is 0 Å². The SMILES string of the molecule is Cc1ncc(Cn2cnc3scc(C)c3c2=O)cn1. The van der Waals surface area contributed by atoms with E-state index in [1.54, 1.807) is 23.3 Å². The van der Waals surface area contributed by atoms with Crippen LogP contribution in [0.4, 0.5) is 0 Å². The Morgan fingerprint density at radius 2 is 1.95 bits per heavy atom. The number of thiophene rings is 1. The van der Waals surface area contributed by atoms with Crippen LogP contribution in [0, 0.1) is 13.8 Å². The molecule has 0 aromatic carbocycles. The summed E-state index contributed by atoms with van der Waals surface area (Å²) in [6.45, 7) is 4.21. The van der Waals surface area contributed by atoms with Crippen molar-refractivity contribution in [2.75, 3.05) is 0 Å². The monoisotopic (exact) mass is 272 g/mol. The summed E-state index contributed by atoms with van der Waals surface area (Å²) in [7, 11) is 0. The summed E-state index contributed by atoms with van der Waals surface area (Å²) < 4.78 is 1.59. The lowest BCUT2D eigenvalue weighted by molar-refractivity contribution is 0.740. The predicted octanol–water partition coefficient (Wildman–Crippen LogP) is 1.91. The minimum absolute atomic E-state index is 0.00988. The Bertz CT molecular complexity index is 789. The van der Waals surface area contributed by atoms with E-state index in [-0.39, 0.29) is 5.56 Å². The van der Waals surface area contributed by atoms with Crippen LogP contribution in [0.1, 0.15) is 17.0 Å². The number of aromatic nitrogens is 4. The van der Waals surface area contributed by atoms with E-state index in [1.165, 1.54) is 11.3 Å². The molecule has 19 heavy (non-hydrogen) atoms. The molecule has 0 bridgehead atoms. The van der Waals surface area contributed by atoms with Crippen LogP contribution < -0.4 is 5.56 Å². The second-order valence-electron chi connectivity index (χ2n) is 4.42. The van der Waals surface area contributed by atoms with Gasteiger partial charge >= 0.3 is 0 Å². The zero-order valence-electron chi connectivity index (χ0n) is 10.6. The summed E-state index contributed by atoms with van der Waals surface area (Å²) >= 11 is 1.50. The third-order valence-corrected chi connectivity index (χ3v) is 3.94. The van der Waals surface area contributed by atoms with Crippen molar-refractivity contribution in [1.82, 2.24) is 19.5 Å². The highest BCUT2D eigenvalue weighted by molar-refractivity contribution is 7.16. The average molecular weight is 272 g/mol. The van der Waals surface area contributed by atoms with Crippen LogP contribution in [0.3, 0.4) is 0 Å². The van der Waals surface area contributed by atoms with Gasteiger partial charge in [0.2, 0.25) is 0 Å². The van der Waals surface area contributed by atoms with Gasteiger partial charge in [0.05, 0.1) is 18.3 Å². The van der Waals surface area contributed by atoms with E-state index in [0.29, 0.717) is 11.9 Å². The molecular formula is C13H12N4OS. The quantitative estimate of drug-likeness (QED) is 0.715. The third-order valence-electron chi connectivity index (χ3n) is 2.93. The topological polar surface area (TPSA) is 60.7 Å². The van der Waals surface area contributed by atoms with Crippen molar-refractivity contribution in [2.24, 2.45) is 0 Å². The molecule has 0 unspecified atom stereocenters. The molecule has 3 heterocycles. The van der Waals surface area contributed by atoms with Crippen molar-refractivity contribution in [3.8, 4) is 0 Å². The average Bonchev–Trinajstić information content (AvgIpc) is 2.78. The number of aryl methyl sites for hydroxylation is 2. The normalized spacial score (nSPS) is 11.1. The molecule has 0 aliphatic carbocycles. The summed E-state index contributed by atoms with van der Waals surface area (Å²) in [4.78, 5) is 25.7. The minimum atomic E-state index is -0.00988. The first-order chi connectivity index (χ1) is 9.15. The Morgan fingerprint density at radius 1 is 1.21 bits per heavy atom. The number of hydrogen-bond donors (Lipinski definition) is 0. The van der Waals surface area contributed by atoms with Gasteiger partial charge in [-0.05, 0) is 24.8 Å². The first-order valence-corrected chi connectivity index (χ1v) is 6.74. The second kappa shape index (κ2) is 4.55. The Hall–Kier alpha value is -2.08. The van der Waals surface area contributed by atoms with Gasteiger partial charge < -0.3 is 0 Å². The fourth-order valence-electron chi connectivity index (χ4n) is 1.91. The van der Waals surface area contributed by atoms with E-state index in [2.05, 4.69) is 15.0 Å². The largest absolute Gasteiger partial charge is 0.294 e. The van der Waals surface area contributed by atoms with E-state index in [9.17, 15) is 4.79 Å². The molecule has 3 aromatic rings. The molecule has 6 heteroatoms. The highest BCUT2D eigenvalue weighted by Crippen LogP contribution is 2.19. The Balaban J connectivity index is 2.06. The van der Waals surface area contributed by atoms with Gasteiger partial charge in [0.1, 0.15) is 10.7 Å². The third kappa shape index (κ3) is 2.15. The van der Waals surface area contributed by atoms with Crippen LogP contribution in [0.5, 0.6) is 0 Å². The molecule has 0 N–H and O–H groups in total. The Labute approximate surface area is 113 Å². The summed E-state index contributed by atoms with van der Waals surface area (Å²) in [5.74, 6) is 0.721. The molecule has 0 amide bonds. The van der Waals surface area contributed by atoms with Gasteiger partial charge in [-0.2, -0.15) is 0 Å². The molecule has 5 nitrogen and oxygen atoms in total. The maximum absolute atomic E-state index is 12.4. The van der Waals surface area contributed by atoms with Crippen LogP contribution in [-0.2, 0) is 6.54 Å². The molecule has 96 valence electrons. The molecular weight excluding hydrogens is 260 g/mol. The fourth-order valence-corrected chi connectivity index (χ4v) is 2.79. The van der Waals surface area contributed by atoms with Crippen LogP contribution in [-0.4, -0.2) is 19.5 Å². The van der Waals surface area contributed by atoms with Gasteiger partial charge in [-0.25, -0.2) is 15.0 Å². The molecule has 0 aliphatic heterocycles. The van der Waals surface area contributed by atoms with Crippen LogP contribution in [0.15, 0.2) is 28.9 Å². The van der Waals surface area contributed by atoms with Crippen LogP contribution in [0.2, 0.25) is 0 Å². The lowest BCUT2D eigenvalue weighted by atomic mass is 10.2. The van der Waals surface area contributed by atoms with Gasteiger partial charge in [0, 0.05) is 18.0 Å². The highest BCUT2D eigenvalue weighted by atomic mass is 32.1. The maximum atomic E-state index is 12.4. The van der Waals surface area contributed by atoms with Crippen LogP contribution >= 0.6 is 11.3 Å². The predicted molar refractivity (Wildman–Crippen MR) is 74.5 cm³/mol. The van der Waals surface area contributed by atoms with E-state index in [0.717, 1.165) is 21.8 Å². The smallest absolute Gasteiger partial charge is 0.262 e. The zero-order chi connectivity index (χ0) is 13.4. The standard InChI is InChI=1S/C13H12N4OS/c1-8-6-19-12-11(8)13(18)17(7-16-12)5-10-3-14-9(2)15-4-10/h3-4,6-7H,5H2,1-2H3. The summed E-state index contributed by atoms with van der Waals surface area (Å²) in [5, 5.41) is 2.67. The van der Waals surface area contributed by atoms with Crippen molar-refractivity contribution >= 4 is 21.6 Å². The van der Waals surface area contributed by atoms with Gasteiger partial charge in [0.25, 0.3) is 5.56 Å². The molecule has 3 aromatic heterocycles. The Kier molecular flexibility index (Phi) is 2.87. The van der Waals surface area contributed by atoms with Gasteiger partial charge in [-0.15, -0.1) is 11.3 Å². The molecule has 0 atom stereocenters. The molecule has 0 radical (unpaired) electrons. The lowest BCUT2D eigenvalue weighted by Gasteiger charge is -2.05.